The number of carbonyl (C=O) groups excluding carboxylic acids is 1. The summed E-state index contributed by atoms with van der Waals surface area (Å²) in [6, 6.07) is 0. The molecule has 0 aromatic heterocycles. The average molecular weight is 208 g/mol. The molecule has 15 heavy (non-hydrogen) atoms. The van der Waals surface area contributed by atoms with Gasteiger partial charge in [-0.2, -0.15) is 0 Å². The molecule has 0 aromatic carbocycles. The standard InChI is InChI=1S/C12H20N2O/c1-3-7-13-12(15)11-5-9-14(8-4-2)10-6-11/h2,11H,3,5-10H2,1H3,(H,13,15). The number of rotatable bonds is 4. The van der Waals surface area contributed by atoms with Crippen molar-refractivity contribution < 1.29 is 4.79 Å². The highest BCUT2D eigenvalue weighted by molar-refractivity contribution is 5.78. The van der Waals surface area contributed by atoms with Gasteiger partial charge in [-0.25, -0.2) is 0 Å². The number of carbonyl (C=O) groups is 1. The lowest BCUT2D eigenvalue weighted by Gasteiger charge is -2.29. The van der Waals surface area contributed by atoms with E-state index in [1.165, 1.54) is 0 Å². The molecule has 0 unspecified atom stereocenters. The number of terminal acetylenes is 1. The third-order valence-corrected chi connectivity index (χ3v) is 2.82. The van der Waals surface area contributed by atoms with Crippen molar-refractivity contribution in [3.8, 4) is 12.3 Å². The van der Waals surface area contributed by atoms with Gasteiger partial charge in [0.05, 0.1) is 6.54 Å². The second-order valence-electron chi connectivity index (χ2n) is 4.05. The molecule has 1 N–H and O–H groups in total. The molecule has 0 saturated carbocycles. The Morgan fingerprint density at radius 1 is 1.53 bits per heavy atom. The molecule has 1 aliphatic rings. The number of amides is 1. The highest BCUT2D eigenvalue weighted by atomic mass is 16.1. The summed E-state index contributed by atoms with van der Waals surface area (Å²) in [6.07, 6.45) is 8.13. The van der Waals surface area contributed by atoms with E-state index >= 15 is 0 Å². The predicted molar refractivity (Wildman–Crippen MR) is 61.3 cm³/mol. The van der Waals surface area contributed by atoms with Gasteiger partial charge in [-0.15, -0.1) is 6.42 Å². The molecule has 1 saturated heterocycles. The Hall–Kier alpha value is -1.01. The largest absolute Gasteiger partial charge is 0.356 e. The highest BCUT2D eigenvalue weighted by Crippen LogP contribution is 2.16. The summed E-state index contributed by atoms with van der Waals surface area (Å²) in [5, 5.41) is 2.95. The second kappa shape index (κ2) is 6.47. The van der Waals surface area contributed by atoms with Crippen LogP contribution >= 0.6 is 0 Å². The van der Waals surface area contributed by atoms with E-state index in [9.17, 15) is 4.79 Å². The van der Waals surface area contributed by atoms with Crippen molar-refractivity contribution in [3.63, 3.8) is 0 Å². The second-order valence-corrected chi connectivity index (χ2v) is 4.05. The Kier molecular flexibility index (Phi) is 5.20. The minimum absolute atomic E-state index is 0.200. The fourth-order valence-corrected chi connectivity index (χ4v) is 1.87. The highest BCUT2D eigenvalue weighted by Gasteiger charge is 2.23. The van der Waals surface area contributed by atoms with Crippen LogP contribution in [0.1, 0.15) is 26.2 Å². The first-order valence-corrected chi connectivity index (χ1v) is 5.71. The molecule has 0 spiro atoms. The molecule has 3 heteroatoms. The van der Waals surface area contributed by atoms with Crippen LogP contribution in [0.5, 0.6) is 0 Å². The van der Waals surface area contributed by atoms with E-state index in [1.807, 2.05) is 0 Å². The van der Waals surface area contributed by atoms with Crippen molar-refractivity contribution in [2.24, 2.45) is 5.92 Å². The van der Waals surface area contributed by atoms with Gasteiger partial charge < -0.3 is 5.32 Å². The van der Waals surface area contributed by atoms with Crippen molar-refractivity contribution in [2.75, 3.05) is 26.2 Å². The maximum absolute atomic E-state index is 11.7. The predicted octanol–water partition coefficient (Wildman–Crippen LogP) is 0.858. The van der Waals surface area contributed by atoms with Crippen LogP contribution in [0.3, 0.4) is 0 Å². The number of hydrogen-bond acceptors (Lipinski definition) is 2. The first-order valence-electron chi connectivity index (χ1n) is 5.71. The van der Waals surface area contributed by atoms with E-state index in [2.05, 4.69) is 23.1 Å². The van der Waals surface area contributed by atoms with Gasteiger partial charge in [0.2, 0.25) is 5.91 Å². The Balaban J connectivity index is 2.25. The molecule has 0 aromatic rings. The maximum atomic E-state index is 11.7. The molecule has 1 fully saturated rings. The van der Waals surface area contributed by atoms with Crippen LogP contribution in [0.2, 0.25) is 0 Å². The quantitative estimate of drug-likeness (QED) is 0.695. The summed E-state index contributed by atoms with van der Waals surface area (Å²) < 4.78 is 0. The molecular weight excluding hydrogens is 188 g/mol. The topological polar surface area (TPSA) is 32.3 Å². The number of hydrogen-bond donors (Lipinski definition) is 1. The summed E-state index contributed by atoms with van der Waals surface area (Å²) in [7, 11) is 0. The van der Waals surface area contributed by atoms with Crippen LogP contribution < -0.4 is 5.32 Å². The first kappa shape index (κ1) is 12.1. The SMILES string of the molecule is C#CCN1CCC(C(=O)NCCC)CC1. The van der Waals surface area contributed by atoms with E-state index in [4.69, 9.17) is 6.42 Å². The maximum Gasteiger partial charge on any atom is 0.223 e. The van der Waals surface area contributed by atoms with Gasteiger partial charge in [0, 0.05) is 12.5 Å². The molecule has 84 valence electrons. The van der Waals surface area contributed by atoms with Gasteiger partial charge in [0.1, 0.15) is 0 Å². The monoisotopic (exact) mass is 208 g/mol. The lowest BCUT2D eigenvalue weighted by atomic mass is 9.96. The van der Waals surface area contributed by atoms with Gasteiger partial charge >= 0.3 is 0 Å². The molecule has 0 aliphatic carbocycles. The molecule has 1 rings (SSSR count). The molecule has 0 bridgehead atoms. The minimum atomic E-state index is 0.200. The van der Waals surface area contributed by atoms with Crippen molar-refractivity contribution >= 4 is 5.91 Å². The van der Waals surface area contributed by atoms with Crippen LogP contribution in [0.25, 0.3) is 0 Å². The zero-order valence-corrected chi connectivity index (χ0v) is 9.46. The number of piperidine rings is 1. The molecule has 0 radical (unpaired) electrons. The van der Waals surface area contributed by atoms with Crippen LogP contribution in [0.4, 0.5) is 0 Å². The third-order valence-electron chi connectivity index (χ3n) is 2.82. The smallest absolute Gasteiger partial charge is 0.223 e. The minimum Gasteiger partial charge on any atom is -0.356 e. The summed E-state index contributed by atoms with van der Waals surface area (Å²) in [6.45, 7) is 5.48. The first-order chi connectivity index (χ1) is 7.27. The van der Waals surface area contributed by atoms with Gasteiger partial charge in [0.15, 0.2) is 0 Å². The van der Waals surface area contributed by atoms with Crippen molar-refractivity contribution in [1.29, 1.82) is 0 Å². The lowest BCUT2D eigenvalue weighted by Crippen LogP contribution is -2.40. The molecule has 1 heterocycles. The Morgan fingerprint density at radius 3 is 2.73 bits per heavy atom. The van der Waals surface area contributed by atoms with E-state index in [0.29, 0.717) is 6.54 Å². The molecule has 0 atom stereocenters. The van der Waals surface area contributed by atoms with Crippen LogP contribution in [0, 0.1) is 18.3 Å². The Labute approximate surface area is 92.2 Å². The third kappa shape index (κ3) is 3.93. The Bertz CT molecular complexity index is 236. The lowest BCUT2D eigenvalue weighted by molar-refractivity contribution is -0.126. The number of nitrogens with one attached hydrogen (secondary N) is 1. The van der Waals surface area contributed by atoms with Crippen molar-refractivity contribution in [3.05, 3.63) is 0 Å². The zero-order chi connectivity index (χ0) is 11.1. The van der Waals surface area contributed by atoms with E-state index in [0.717, 1.165) is 38.9 Å². The van der Waals surface area contributed by atoms with Crippen LogP contribution in [-0.4, -0.2) is 37.0 Å². The van der Waals surface area contributed by atoms with E-state index < -0.39 is 0 Å². The fraction of sp³-hybridized carbons (Fsp3) is 0.750. The molecule has 1 aliphatic heterocycles. The van der Waals surface area contributed by atoms with Crippen LogP contribution in [-0.2, 0) is 4.79 Å². The van der Waals surface area contributed by atoms with Crippen LogP contribution in [0.15, 0.2) is 0 Å². The zero-order valence-electron chi connectivity index (χ0n) is 9.46. The molecular formula is C12H20N2O. The van der Waals surface area contributed by atoms with Crippen molar-refractivity contribution in [1.82, 2.24) is 10.2 Å². The number of likely N-dealkylation sites (tertiary alicyclic amines) is 1. The average Bonchev–Trinajstić information content (AvgIpc) is 2.27. The van der Waals surface area contributed by atoms with Gasteiger partial charge in [-0.3, -0.25) is 9.69 Å². The van der Waals surface area contributed by atoms with E-state index in [1.54, 1.807) is 0 Å². The van der Waals surface area contributed by atoms with E-state index in [-0.39, 0.29) is 11.8 Å². The molecule has 3 nitrogen and oxygen atoms in total. The normalized spacial score (nSPS) is 18.4. The summed E-state index contributed by atoms with van der Waals surface area (Å²) in [5.74, 6) is 3.06. The van der Waals surface area contributed by atoms with Gasteiger partial charge in [-0.05, 0) is 32.4 Å². The van der Waals surface area contributed by atoms with Gasteiger partial charge in [-0.1, -0.05) is 12.8 Å². The fourth-order valence-electron chi connectivity index (χ4n) is 1.87. The van der Waals surface area contributed by atoms with Gasteiger partial charge in [0.25, 0.3) is 0 Å². The van der Waals surface area contributed by atoms with Crippen molar-refractivity contribution in [2.45, 2.75) is 26.2 Å². The number of nitrogens with zero attached hydrogens (tertiary/aromatic N) is 1. The summed E-state index contributed by atoms with van der Waals surface area (Å²) >= 11 is 0. The Morgan fingerprint density at radius 2 is 2.20 bits per heavy atom. The summed E-state index contributed by atoms with van der Waals surface area (Å²) in [4.78, 5) is 13.9. The molecule has 1 amide bonds. The summed E-state index contributed by atoms with van der Waals surface area (Å²) in [5.41, 5.74) is 0.